The number of carbonyl (C=O) groups is 2. The Morgan fingerprint density at radius 2 is 1.60 bits per heavy atom. The van der Waals surface area contributed by atoms with Crippen LogP contribution in [0.5, 0.6) is 0 Å². The molecule has 0 heterocycles. The predicted octanol–water partition coefficient (Wildman–Crippen LogP) is 2.35. The maximum Gasteiger partial charge on any atom is 0.305 e. The van der Waals surface area contributed by atoms with Crippen LogP contribution in [0.2, 0.25) is 0 Å². The van der Waals surface area contributed by atoms with Gasteiger partial charge in [-0.1, -0.05) is 0 Å². The SMILES string of the molecule is CCOC(CCCOC(=O)CCCCC(=O)O)OCC. The molecule has 0 atom stereocenters. The van der Waals surface area contributed by atoms with E-state index in [4.69, 9.17) is 19.3 Å². The number of rotatable bonds is 13. The number of aliphatic carboxylic acids is 1. The minimum atomic E-state index is -0.837. The number of ether oxygens (including phenoxy) is 3. The van der Waals surface area contributed by atoms with Gasteiger partial charge in [-0.25, -0.2) is 0 Å². The normalized spacial score (nSPS) is 10.8. The van der Waals surface area contributed by atoms with Gasteiger partial charge in [0.2, 0.25) is 0 Å². The van der Waals surface area contributed by atoms with E-state index in [0.717, 1.165) is 0 Å². The van der Waals surface area contributed by atoms with E-state index in [0.29, 0.717) is 45.5 Å². The van der Waals surface area contributed by atoms with E-state index in [1.165, 1.54) is 0 Å². The van der Waals surface area contributed by atoms with Crippen molar-refractivity contribution in [2.45, 2.75) is 58.7 Å². The average molecular weight is 290 g/mol. The fraction of sp³-hybridized carbons (Fsp3) is 0.857. The van der Waals surface area contributed by atoms with Gasteiger partial charge in [0.15, 0.2) is 6.29 Å². The van der Waals surface area contributed by atoms with Crippen molar-refractivity contribution in [3.8, 4) is 0 Å². The highest BCUT2D eigenvalue weighted by molar-refractivity contribution is 5.69. The summed E-state index contributed by atoms with van der Waals surface area (Å²) in [5.74, 6) is -1.11. The number of carboxylic acid groups (broad SMARTS) is 1. The molecule has 0 aromatic rings. The number of hydrogen-bond donors (Lipinski definition) is 1. The minimum absolute atomic E-state index is 0.0949. The van der Waals surface area contributed by atoms with Crippen LogP contribution in [0.15, 0.2) is 0 Å². The molecule has 0 aromatic heterocycles. The molecule has 0 rings (SSSR count). The molecule has 0 spiro atoms. The fourth-order valence-corrected chi connectivity index (χ4v) is 1.64. The molecule has 0 bridgehead atoms. The van der Waals surface area contributed by atoms with E-state index < -0.39 is 5.97 Å². The molecule has 6 nitrogen and oxygen atoms in total. The van der Waals surface area contributed by atoms with Crippen LogP contribution in [0.4, 0.5) is 0 Å². The van der Waals surface area contributed by atoms with E-state index >= 15 is 0 Å². The van der Waals surface area contributed by atoms with Crippen molar-refractivity contribution < 1.29 is 28.9 Å². The van der Waals surface area contributed by atoms with Crippen LogP contribution in [0.1, 0.15) is 52.4 Å². The Balaban J connectivity index is 3.52. The van der Waals surface area contributed by atoms with Gasteiger partial charge in [0.25, 0.3) is 0 Å². The number of unbranched alkanes of at least 4 members (excludes halogenated alkanes) is 1. The molecule has 6 heteroatoms. The molecular weight excluding hydrogens is 264 g/mol. The smallest absolute Gasteiger partial charge is 0.305 e. The Hall–Kier alpha value is -1.14. The zero-order valence-electron chi connectivity index (χ0n) is 12.4. The molecule has 20 heavy (non-hydrogen) atoms. The quantitative estimate of drug-likeness (QED) is 0.318. The first-order valence-electron chi connectivity index (χ1n) is 7.20. The Labute approximate surface area is 120 Å². The Bertz CT molecular complexity index is 260. The van der Waals surface area contributed by atoms with Crippen LogP contribution in [-0.4, -0.2) is 43.2 Å². The van der Waals surface area contributed by atoms with Gasteiger partial charge in [-0.15, -0.1) is 0 Å². The third-order valence-corrected chi connectivity index (χ3v) is 2.57. The van der Waals surface area contributed by atoms with E-state index in [1.807, 2.05) is 13.8 Å². The van der Waals surface area contributed by atoms with Crippen molar-refractivity contribution in [1.82, 2.24) is 0 Å². The largest absolute Gasteiger partial charge is 0.481 e. The molecule has 0 aliphatic carbocycles. The second-order valence-electron chi connectivity index (χ2n) is 4.30. The molecular formula is C14H26O6. The maximum atomic E-state index is 11.4. The summed E-state index contributed by atoms with van der Waals surface area (Å²) in [4.78, 5) is 21.6. The van der Waals surface area contributed by atoms with Gasteiger partial charge in [0.1, 0.15) is 0 Å². The lowest BCUT2D eigenvalue weighted by molar-refractivity contribution is -0.150. The average Bonchev–Trinajstić information content (AvgIpc) is 2.40. The lowest BCUT2D eigenvalue weighted by atomic mass is 10.2. The summed E-state index contributed by atoms with van der Waals surface area (Å²) in [5, 5.41) is 8.45. The number of esters is 1. The van der Waals surface area contributed by atoms with Gasteiger partial charge in [0, 0.05) is 32.5 Å². The summed E-state index contributed by atoms with van der Waals surface area (Å²) in [7, 11) is 0. The first-order valence-corrected chi connectivity index (χ1v) is 7.20. The maximum absolute atomic E-state index is 11.4. The molecule has 0 radical (unpaired) electrons. The summed E-state index contributed by atoms with van der Waals surface area (Å²) in [6, 6.07) is 0. The zero-order valence-corrected chi connectivity index (χ0v) is 12.4. The summed E-state index contributed by atoms with van der Waals surface area (Å²) >= 11 is 0. The molecule has 0 saturated carbocycles. The van der Waals surface area contributed by atoms with E-state index in [1.54, 1.807) is 0 Å². The first kappa shape index (κ1) is 18.9. The van der Waals surface area contributed by atoms with Crippen LogP contribution in [-0.2, 0) is 23.8 Å². The van der Waals surface area contributed by atoms with Crippen LogP contribution in [0.3, 0.4) is 0 Å². The fourth-order valence-electron chi connectivity index (χ4n) is 1.64. The van der Waals surface area contributed by atoms with Crippen molar-refractivity contribution in [2.75, 3.05) is 19.8 Å². The van der Waals surface area contributed by atoms with Gasteiger partial charge < -0.3 is 19.3 Å². The van der Waals surface area contributed by atoms with Crippen LogP contribution >= 0.6 is 0 Å². The zero-order chi connectivity index (χ0) is 15.2. The van der Waals surface area contributed by atoms with Crippen molar-refractivity contribution in [3.05, 3.63) is 0 Å². The van der Waals surface area contributed by atoms with Crippen LogP contribution in [0, 0.1) is 0 Å². The summed E-state index contributed by atoms with van der Waals surface area (Å²) < 4.78 is 15.8. The Morgan fingerprint density at radius 1 is 1.00 bits per heavy atom. The second-order valence-corrected chi connectivity index (χ2v) is 4.30. The number of carboxylic acids is 1. The van der Waals surface area contributed by atoms with Crippen molar-refractivity contribution >= 4 is 11.9 Å². The number of carbonyl (C=O) groups excluding carboxylic acids is 1. The monoisotopic (exact) mass is 290 g/mol. The topological polar surface area (TPSA) is 82.1 Å². The molecule has 0 unspecified atom stereocenters. The third kappa shape index (κ3) is 11.9. The summed E-state index contributed by atoms with van der Waals surface area (Å²) in [6.07, 6.45) is 2.55. The summed E-state index contributed by atoms with van der Waals surface area (Å²) in [5.41, 5.74) is 0. The van der Waals surface area contributed by atoms with Gasteiger partial charge in [-0.05, 0) is 33.1 Å². The van der Waals surface area contributed by atoms with Crippen LogP contribution in [0.25, 0.3) is 0 Å². The molecule has 0 fully saturated rings. The van der Waals surface area contributed by atoms with Crippen LogP contribution < -0.4 is 0 Å². The summed E-state index contributed by atoms with van der Waals surface area (Å²) in [6.45, 7) is 5.34. The first-order chi connectivity index (χ1) is 9.60. The second kappa shape index (κ2) is 12.9. The van der Waals surface area contributed by atoms with Crippen molar-refractivity contribution in [1.29, 1.82) is 0 Å². The molecule has 0 aliphatic heterocycles. The Morgan fingerprint density at radius 3 is 2.15 bits per heavy atom. The van der Waals surface area contributed by atoms with Gasteiger partial charge in [-0.2, -0.15) is 0 Å². The van der Waals surface area contributed by atoms with E-state index in [9.17, 15) is 9.59 Å². The van der Waals surface area contributed by atoms with E-state index in [2.05, 4.69) is 0 Å². The molecule has 0 amide bonds. The lowest BCUT2D eigenvalue weighted by Gasteiger charge is -2.16. The third-order valence-electron chi connectivity index (χ3n) is 2.57. The molecule has 0 aromatic carbocycles. The standard InChI is InChI=1S/C14H26O6/c1-3-18-14(19-4-2)10-7-11-20-13(17)9-6-5-8-12(15)16/h14H,3-11H2,1-2H3,(H,15,16). The van der Waals surface area contributed by atoms with Crippen molar-refractivity contribution in [3.63, 3.8) is 0 Å². The number of hydrogen-bond acceptors (Lipinski definition) is 5. The highest BCUT2D eigenvalue weighted by Gasteiger charge is 2.08. The van der Waals surface area contributed by atoms with E-state index in [-0.39, 0.29) is 25.1 Å². The lowest BCUT2D eigenvalue weighted by Crippen LogP contribution is -2.18. The molecule has 0 saturated heterocycles. The van der Waals surface area contributed by atoms with Gasteiger partial charge in [-0.3, -0.25) is 9.59 Å². The molecule has 0 aliphatic rings. The highest BCUT2D eigenvalue weighted by atomic mass is 16.7. The Kier molecular flexibility index (Phi) is 12.1. The van der Waals surface area contributed by atoms with Gasteiger partial charge in [0.05, 0.1) is 6.61 Å². The predicted molar refractivity (Wildman–Crippen MR) is 73.3 cm³/mol. The molecule has 118 valence electrons. The van der Waals surface area contributed by atoms with Gasteiger partial charge >= 0.3 is 11.9 Å². The minimum Gasteiger partial charge on any atom is -0.481 e. The van der Waals surface area contributed by atoms with Crippen molar-refractivity contribution in [2.24, 2.45) is 0 Å². The highest BCUT2D eigenvalue weighted by Crippen LogP contribution is 2.06. The molecule has 1 N–H and O–H groups in total.